The molecule has 6 rings (SSSR count). The van der Waals surface area contributed by atoms with E-state index in [2.05, 4.69) is 44.7 Å². The second-order valence-electron chi connectivity index (χ2n) is 11.0. The van der Waals surface area contributed by atoms with Crippen molar-refractivity contribution in [3.63, 3.8) is 0 Å². The fourth-order valence-electron chi connectivity index (χ4n) is 6.37. The number of carbonyl (C=O) groups is 3. The van der Waals surface area contributed by atoms with Crippen LogP contribution in [0.25, 0.3) is 0 Å². The molecule has 9 heteroatoms. The van der Waals surface area contributed by atoms with Crippen LogP contribution >= 0.6 is 0 Å². The van der Waals surface area contributed by atoms with Gasteiger partial charge in [0.25, 0.3) is 5.91 Å². The Morgan fingerprint density at radius 1 is 0.949 bits per heavy atom. The molecule has 0 spiro atoms. The maximum absolute atomic E-state index is 13.0. The van der Waals surface area contributed by atoms with Gasteiger partial charge in [-0.25, -0.2) is 0 Å². The van der Waals surface area contributed by atoms with Gasteiger partial charge in [0.1, 0.15) is 18.4 Å². The Labute approximate surface area is 229 Å². The minimum atomic E-state index is -0.605. The number of anilines is 1. The van der Waals surface area contributed by atoms with E-state index in [1.807, 2.05) is 12.1 Å². The van der Waals surface area contributed by atoms with Crippen LogP contribution in [-0.2, 0) is 22.7 Å². The monoisotopic (exact) mass is 531 g/mol. The standard InChI is InChI=1S/C30H37N5O4/c36-28-11-10-27(29(37)32-28)35-19-22-17-24(8-9-25(22)30(35)38)39-20-23-6-3-4-14-34(23)18-21-5-1-2-7-26(21)33-15-12-31-13-16-33/h1-2,5,7-9,17,23,27,31H,3-4,6,10-16,18-20H2,(H,32,36,37). The first kappa shape index (κ1) is 25.8. The molecule has 2 atom stereocenters. The third-order valence-electron chi connectivity index (χ3n) is 8.51. The maximum Gasteiger partial charge on any atom is 0.255 e. The molecule has 39 heavy (non-hydrogen) atoms. The van der Waals surface area contributed by atoms with Crippen LogP contribution in [0.5, 0.6) is 5.75 Å². The normalized spacial score (nSPS) is 24.1. The third kappa shape index (κ3) is 5.51. The predicted octanol–water partition coefficient (Wildman–Crippen LogP) is 2.29. The van der Waals surface area contributed by atoms with Crippen molar-refractivity contribution in [2.75, 3.05) is 44.2 Å². The molecule has 3 saturated heterocycles. The molecule has 0 bridgehead atoms. The number of benzene rings is 2. The summed E-state index contributed by atoms with van der Waals surface area (Å²) in [7, 11) is 0. The average Bonchev–Trinajstić information content (AvgIpc) is 3.28. The van der Waals surface area contributed by atoms with E-state index in [9.17, 15) is 14.4 Å². The van der Waals surface area contributed by atoms with Gasteiger partial charge in [0.05, 0.1) is 0 Å². The van der Waals surface area contributed by atoms with Crippen LogP contribution in [0, 0.1) is 0 Å². The Kier molecular flexibility index (Phi) is 7.52. The number of likely N-dealkylation sites (tertiary alicyclic amines) is 1. The molecule has 2 N–H and O–H groups in total. The van der Waals surface area contributed by atoms with E-state index in [4.69, 9.17) is 4.74 Å². The zero-order valence-electron chi connectivity index (χ0n) is 22.4. The van der Waals surface area contributed by atoms with Gasteiger partial charge in [-0.2, -0.15) is 0 Å². The second kappa shape index (κ2) is 11.4. The number of hydrogen-bond donors (Lipinski definition) is 2. The van der Waals surface area contributed by atoms with E-state index < -0.39 is 6.04 Å². The largest absolute Gasteiger partial charge is 0.492 e. The number of para-hydroxylation sites is 1. The minimum absolute atomic E-state index is 0.160. The number of amides is 3. The van der Waals surface area contributed by atoms with Crippen molar-refractivity contribution in [2.45, 2.75) is 57.3 Å². The molecule has 206 valence electrons. The minimum Gasteiger partial charge on any atom is -0.492 e. The number of piperazine rings is 1. The summed E-state index contributed by atoms with van der Waals surface area (Å²) in [5.41, 5.74) is 4.19. The fraction of sp³-hybridized carbons (Fsp3) is 0.500. The number of hydrogen-bond acceptors (Lipinski definition) is 7. The summed E-state index contributed by atoms with van der Waals surface area (Å²) >= 11 is 0. The number of piperidine rings is 2. The Morgan fingerprint density at radius 3 is 2.64 bits per heavy atom. The van der Waals surface area contributed by atoms with Gasteiger partial charge < -0.3 is 19.9 Å². The van der Waals surface area contributed by atoms with E-state index in [0.29, 0.717) is 31.2 Å². The molecule has 3 fully saturated rings. The lowest BCUT2D eigenvalue weighted by Crippen LogP contribution is -2.52. The maximum atomic E-state index is 13.0. The number of rotatable bonds is 7. The van der Waals surface area contributed by atoms with E-state index in [1.54, 1.807) is 11.0 Å². The van der Waals surface area contributed by atoms with Gasteiger partial charge in [0, 0.05) is 63.0 Å². The number of nitrogens with one attached hydrogen (secondary N) is 2. The molecule has 0 radical (unpaired) electrons. The lowest BCUT2D eigenvalue weighted by Gasteiger charge is -2.37. The SMILES string of the molecule is O=C1CCC(N2Cc3cc(OCC4CCCCN4Cc4ccccc4N4CCNCC4)ccc3C2=O)C(=O)N1. The van der Waals surface area contributed by atoms with Crippen LogP contribution in [-0.4, -0.2) is 78.9 Å². The van der Waals surface area contributed by atoms with Gasteiger partial charge in [0.15, 0.2) is 0 Å². The lowest BCUT2D eigenvalue weighted by atomic mass is 10.0. The summed E-state index contributed by atoms with van der Waals surface area (Å²) < 4.78 is 6.32. The van der Waals surface area contributed by atoms with Crippen LogP contribution in [0.4, 0.5) is 5.69 Å². The molecule has 2 aromatic rings. The summed E-state index contributed by atoms with van der Waals surface area (Å²) in [6, 6.07) is 14.1. The van der Waals surface area contributed by atoms with E-state index in [0.717, 1.165) is 57.0 Å². The number of nitrogens with zero attached hydrogens (tertiary/aromatic N) is 3. The number of fused-ring (bicyclic) bond motifs is 1. The first-order valence-corrected chi connectivity index (χ1v) is 14.2. The number of imide groups is 1. The van der Waals surface area contributed by atoms with Crippen molar-refractivity contribution in [2.24, 2.45) is 0 Å². The highest BCUT2D eigenvalue weighted by Gasteiger charge is 2.39. The predicted molar refractivity (Wildman–Crippen MR) is 148 cm³/mol. The summed E-state index contributed by atoms with van der Waals surface area (Å²) in [6.07, 6.45) is 4.11. The van der Waals surface area contributed by atoms with E-state index in [1.165, 1.54) is 24.1 Å². The highest BCUT2D eigenvalue weighted by molar-refractivity contribution is 6.05. The van der Waals surface area contributed by atoms with E-state index in [-0.39, 0.29) is 24.1 Å². The van der Waals surface area contributed by atoms with Gasteiger partial charge in [-0.15, -0.1) is 0 Å². The van der Waals surface area contributed by atoms with E-state index >= 15 is 0 Å². The van der Waals surface area contributed by atoms with Crippen molar-refractivity contribution >= 4 is 23.4 Å². The van der Waals surface area contributed by atoms with Crippen LogP contribution in [0.2, 0.25) is 0 Å². The lowest BCUT2D eigenvalue weighted by molar-refractivity contribution is -0.136. The molecule has 4 heterocycles. The molecule has 0 saturated carbocycles. The molecule has 2 aromatic carbocycles. The molecule has 9 nitrogen and oxygen atoms in total. The Morgan fingerprint density at radius 2 is 1.79 bits per heavy atom. The van der Waals surface area contributed by atoms with Crippen molar-refractivity contribution in [1.82, 2.24) is 20.4 Å². The molecule has 0 aromatic heterocycles. The zero-order chi connectivity index (χ0) is 26.8. The van der Waals surface area contributed by atoms with Gasteiger partial charge in [0.2, 0.25) is 11.8 Å². The Bertz CT molecular complexity index is 1240. The first-order chi connectivity index (χ1) is 19.1. The molecule has 0 aliphatic carbocycles. The van der Waals surface area contributed by atoms with Crippen LogP contribution < -0.4 is 20.3 Å². The van der Waals surface area contributed by atoms with Crippen LogP contribution in [0.3, 0.4) is 0 Å². The van der Waals surface area contributed by atoms with Gasteiger partial charge in [-0.3, -0.25) is 24.6 Å². The molecular weight excluding hydrogens is 494 g/mol. The highest BCUT2D eigenvalue weighted by Crippen LogP contribution is 2.31. The molecular formula is C30H37N5O4. The fourth-order valence-corrected chi connectivity index (χ4v) is 6.37. The zero-order valence-corrected chi connectivity index (χ0v) is 22.4. The Balaban J connectivity index is 1.10. The number of ether oxygens (including phenoxy) is 1. The summed E-state index contributed by atoms with van der Waals surface area (Å²) in [5.74, 6) is -0.0778. The summed E-state index contributed by atoms with van der Waals surface area (Å²) in [5, 5.41) is 5.80. The van der Waals surface area contributed by atoms with Crippen molar-refractivity contribution in [1.29, 1.82) is 0 Å². The van der Waals surface area contributed by atoms with Gasteiger partial charge in [-0.05, 0) is 61.2 Å². The molecule has 4 aliphatic heterocycles. The summed E-state index contributed by atoms with van der Waals surface area (Å²) in [4.78, 5) is 43.5. The van der Waals surface area contributed by atoms with Gasteiger partial charge >= 0.3 is 0 Å². The average molecular weight is 532 g/mol. The van der Waals surface area contributed by atoms with Crippen molar-refractivity contribution < 1.29 is 19.1 Å². The third-order valence-corrected chi connectivity index (χ3v) is 8.51. The molecule has 4 aliphatic rings. The van der Waals surface area contributed by atoms with Crippen LogP contribution in [0.1, 0.15) is 53.6 Å². The second-order valence-corrected chi connectivity index (χ2v) is 11.0. The van der Waals surface area contributed by atoms with Crippen molar-refractivity contribution in [3.8, 4) is 5.75 Å². The summed E-state index contributed by atoms with van der Waals surface area (Å²) in [6.45, 7) is 7.03. The smallest absolute Gasteiger partial charge is 0.255 e. The topological polar surface area (TPSA) is 94.2 Å². The highest BCUT2D eigenvalue weighted by atomic mass is 16.5. The first-order valence-electron chi connectivity index (χ1n) is 14.2. The molecule has 3 amide bonds. The number of carbonyl (C=O) groups excluding carboxylic acids is 3. The quantitative estimate of drug-likeness (QED) is 0.530. The van der Waals surface area contributed by atoms with Crippen LogP contribution in [0.15, 0.2) is 42.5 Å². The Hall–Kier alpha value is -3.43. The van der Waals surface area contributed by atoms with Crippen molar-refractivity contribution in [3.05, 3.63) is 59.2 Å². The van der Waals surface area contributed by atoms with Gasteiger partial charge in [-0.1, -0.05) is 24.6 Å². The molecule has 2 unspecified atom stereocenters.